The number of carbonyl (C=O) groups excluding carboxylic acids is 2. The fourth-order valence-corrected chi connectivity index (χ4v) is 4.52. The number of hydrogen-bond donors (Lipinski definition) is 1. The van der Waals surface area contributed by atoms with Crippen LogP contribution in [0.5, 0.6) is 0 Å². The first-order valence-electron chi connectivity index (χ1n) is 10.6. The Bertz CT molecular complexity index is 1060. The minimum Gasteiger partial charge on any atom is -0.472 e. The van der Waals surface area contributed by atoms with Gasteiger partial charge in [0.15, 0.2) is 10.9 Å². The van der Waals surface area contributed by atoms with Crippen LogP contribution in [0.2, 0.25) is 0 Å². The molecule has 0 saturated carbocycles. The number of pyridine rings is 1. The van der Waals surface area contributed by atoms with Crippen LogP contribution >= 0.6 is 11.3 Å². The summed E-state index contributed by atoms with van der Waals surface area (Å²) in [7, 11) is 0. The second kappa shape index (κ2) is 9.98. The number of anilines is 1. The van der Waals surface area contributed by atoms with E-state index in [0.717, 1.165) is 36.9 Å². The summed E-state index contributed by atoms with van der Waals surface area (Å²) in [6, 6.07) is 3.66. The van der Waals surface area contributed by atoms with Crippen LogP contribution in [0.25, 0.3) is 11.3 Å². The Morgan fingerprint density at radius 2 is 2.19 bits per heavy atom. The van der Waals surface area contributed by atoms with E-state index in [2.05, 4.69) is 15.3 Å². The van der Waals surface area contributed by atoms with Gasteiger partial charge < -0.3 is 9.15 Å². The molecule has 1 aliphatic carbocycles. The van der Waals surface area contributed by atoms with Gasteiger partial charge in [0.25, 0.3) is 5.91 Å². The Balaban J connectivity index is 1.50. The molecule has 162 valence electrons. The number of furan rings is 1. The van der Waals surface area contributed by atoms with Gasteiger partial charge >= 0.3 is 0 Å². The lowest BCUT2D eigenvalue weighted by Crippen LogP contribution is -2.12. The van der Waals surface area contributed by atoms with Crippen LogP contribution in [-0.4, -0.2) is 34.9 Å². The molecule has 0 aromatic carbocycles. The van der Waals surface area contributed by atoms with Crippen molar-refractivity contribution < 1.29 is 18.7 Å². The van der Waals surface area contributed by atoms with Crippen LogP contribution in [0.4, 0.5) is 5.13 Å². The Labute approximate surface area is 184 Å². The van der Waals surface area contributed by atoms with Crippen LogP contribution in [-0.2, 0) is 17.6 Å². The average Bonchev–Trinajstić information content (AvgIpc) is 3.52. The highest BCUT2D eigenvalue weighted by molar-refractivity contribution is 7.18. The summed E-state index contributed by atoms with van der Waals surface area (Å²) < 4.78 is 10.6. The Morgan fingerprint density at radius 1 is 1.29 bits per heavy atom. The minimum absolute atomic E-state index is 0.0199. The van der Waals surface area contributed by atoms with Gasteiger partial charge in [-0.25, -0.2) is 4.98 Å². The van der Waals surface area contributed by atoms with E-state index < -0.39 is 0 Å². The second-order valence-electron chi connectivity index (χ2n) is 7.49. The molecule has 8 heteroatoms. The molecule has 0 aliphatic heterocycles. The maximum atomic E-state index is 12.9. The zero-order valence-electron chi connectivity index (χ0n) is 17.5. The first-order chi connectivity index (χ1) is 15.2. The molecule has 0 radical (unpaired) electrons. The van der Waals surface area contributed by atoms with Crippen molar-refractivity contribution in [2.24, 2.45) is 0 Å². The predicted molar refractivity (Wildman–Crippen MR) is 119 cm³/mol. The summed E-state index contributed by atoms with van der Waals surface area (Å²) >= 11 is 1.19. The van der Waals surface area contributed by atoms with Crippen LogP contribution in [0, 0.1) is 0 Å². The van der Waals surface area contributed by atoms with Gasteiger partial charge in [0.2, 0.25) is 0 Å². The molecule has 4 rings (SSSR count). The van der Waals surface area contributed by atoms with Crippen molar-refractivity contribution in [1.82, 2.24) is 9.97 Å². The number of aromatic nitrogens is 2. The number of aryl methyl sites for hydroxylation is 2. The fraction of sp³-hybridized carbons (Fsp3) is 0.391. The van der Waals surface area contributed by atoms with E-state index in [9.17, 15) is 9.59 Å². The highest BCUT2D eigenvalue weighted by atomic mass is 32.1. The third-order valence-corrected chi connectivity index (χ3v) is 6.13. The normalized spacial score (nSPS) is 12.7. The van der Waals surface area contributed by atoms with Gasteiger partial charge in [0.05, 0.1) is 23.8 Å². The molecule has 0 fully saturated rings. The highest BCUT2D eigenvalue weighted by Gasteiger charge is 2.22. The molecular weight excluding hydrogens is 414 g/mol. The lowest BCUT2D eigenvalue weighted by Gasteiger charge is -2.04. The summed E-state index contributed by atoms with van der Waals surface area (Å²) in [4.78, 5) is 35.1. The molecule has 0 saturated heterocycles. The summed E-state index contributed by atoms with van der Waals surface area (Å²) in [5, 5.41) is 3.21. The summed E-state index contributed by atoms with van der Waals surface area (Å²) in [6.07, 6.45) is 9.63. The van der Waals surface area contributed by atoms with E-state index in [0.29, 0.717) is 52.9 Å². The maximum Gasteiger partial charge on any atom is 0.259 e. The third kappa shape index (κ3) is 5.08. The molecular formula is C23H25N3O4S. The summed E-state index contributed by atoms with van der Waals surface area (Å²) in [5.41, 5.74) is 3.94. The van der Waals surface area contributed by atoms with Crippen LogP contribution in [0.1, 0.15) is 63.9 Å². The smallest absolute Gasteiger partial charge is 0.259 e. The number of amides is 1. The Morgan fingerprint density at radius 3 is 3.00 bits per heavy atom. The van der Waals surface area contributed by atoms with Crippen molar-refractivity contribution in [2.75, 3.05) is 18.5 Å². The first-order valence-corrected chi connectivity index (χ1v) is 11.4. The molecule has 0 unspecified atom stereocenters. The van der Waals surface area contributed by atoms with Crippen molar-refractivity contribution in [1.29, 1.82) is 0 Å². The molecule has 3 aromatic heterocycles. The maximum absolute atomic E-state index is 12.9. The zero-order chi connectivity index (χ0) is 21.6. The molecule has 0 bridgehead atoms. The number of Topliss-reactive ketones (excluding diaryl/α,β-unsaturated/α-hetero) is 1. The van der Waals surface area contributed by atoms with Gasteiger partial charge in [-0.05, 0) is 49.8 Å². The summed E-state index contributed by atoms with van der Waals surface area (Å²) in [6.45, 7) is 3.30. The monoisotopic (exact) mass is 439 g/mol. The van der Waals surface area contributed by atoms with E-state index >= 15 is 0 Å². The number of ketones is 1. The molecule has 3 aromatic rings. The SMILES string of the molecule is CCCOCCCC(=O)c1sc(NC(=O)c2cnc3c(c2)CCC3)nc1-c1ccoc1. The van der Waals surface area contributed by atoms with Crippen LogP contribution < -0.4 is 5.32 Å². The average molecular weight is 440 g/mol. The zero-order valence-corrected chi connectivity index (χ0v) is 18.3. The van der Waals surface area contributed by atoms with Crippen LogP contribution in [0.15, 0.2) is 35.3 Å². The minimum atomic E-state index is -0.276. The Kier molecular flexibility index (Phi) is 6.89. The van der Waals surface area contributed by atoms with Crippen molar-refractivity contribution in [3.63, 3.8) is 0 Å². The van der Waals surface area contributed by atoms with E-state index in [1.54, 1.807) is 18.5 Å². The second-order valence-corrected chi connectivity index (χ2v) is 8.48. The van der Waals surface area contributed by atoms with Gasteiger partial charge in [-0.15, -0.1) is 0 Å². The molecule has 7 nitrogen and oxygen atoms in total. The van der Waals surface area contributed by atoms with Gasteiger partial charge in [-0.2, -0.15) is 0 Å². The molecule has 1 amide bonds. The molecule has 3 heterocycles. The molecule has 0 atom stereocenters. The number of ether oxygens (including phenoxy) is 1. The van der Waals surface area contributed by atoms with Crippen molar-refractivity contribution in [3.05, 3.63) is 52.6 Å². The third-order valence-electron chi connectivity index (χ3n) is 5.12. The number of rotatable bonds is 10. The van der Waals surface area contributed by atoms with Crippen molar-refractivity contribution in [3.8, 4) is 11.3 Å². The Hall–Kier alpha value is -2.84. The molecule has 31 heavy (non-hydrogen) atoms. The van der Waals surface area contributed by atoms with Gasteiger partial charge in [0.1, 0.15) is 4.88 Å². The number of carbonyl (C=O) groups is 2. The van der Waals surface area contributed by atoms with Gasteiger partial charge in [0, 0.05) is 37.1 Å². The van der Waals surface area contributed by atoms with Gasteiger partial charge in [-0.3, -0.25) is 19.9 Å². The quantitative estimate of drug-likeness (QED) is 0.356. The van der Waals surface area contributed by atoms with Crippen molar-refractivity contribution >= 4 is 28.2 Å². The summed E-state index contributed by atoms with van der Waals surface area (Å²) in [5.74, 6) is -0.296. The lowest BCUT2D eigenvalue weighted by atomic mass is 10.1. The number of thiazole rings is 1. The number of nitrogens with zero attached hydrogens (tertiary/aromatic N) is 2. The predicted octanol–water partition coefficient (Wildman–Crippen LogP) is 4.93. The molecule has 1 aliphatic rings. The van der Waals surface area contributed by atoms with Gasteiger partial charge in [-0.1, -0.05) is 18.3 Å². The van der Waals surface area contributed by atoms with Crippen LogP contribution in [0.3, 0.4) is 0 Å². The standard InChI is InChI=1S/C23H25N3O4S/c1-2-9-29-10-4-7-19(27)21-20(16-8-11-30-14-16)25-23(31-21)26-22(28)17-12-15-5-3-6-18(15)24-13-17/h8,11-14H,2-7,9-10H2,1H3,(H,25,26,28). The number of hydrogen-bond acceptors (Lipinski definition) is 7. The largest absolute Gasteiger partial charge is 0.472 e. The highest BCUT2D eigenvalue weighted by Crippen LogP contribution is 2.33. The molecule has 1 N–H and O–H groups in total. The van der Waals surface area contributed by atoms with Crippen molar-refractivity contribution in [2.45, 2.75) is 45.4 Å². The lowest BCUT2D eigenvalue weighted by molar-refractivity contribution is 0.0941. The van der Waals surface area contributed by atoms with E-state index in [4.69, 9.17) is 9.15 Å². The number of fused-ring (bicyclic) bond motifs is 1. The fourth-order valence-electron chi connectivity index (χ4n) is 3.57. The van der Waals surface area contributed by atoms with E-state index in [1.807, 2.05) is 13.0 Å². The first kappa shape index (κ1) is 21.4. The topological polar surface area (TPSA) is 94.3 Å². The van der Waals surface area contributed by atoms with E-state index in [-0.39, 0.29) is 11.7 Å². The molecule has 0 spiro atoms. The number of nitrogens with one attached hydrogen (secondary N) is 1. The van der Waals surface area contributed by atoms with E-state index in [1.165, 1.54) is 17.6 Å².